The van der Waals surface area contributed by atoms with Crippen molar-refractivity contribution in [3.05, 3.63) is 0 Å². The minimum absolute atomic E-state index is 0.177. The second-order valence-electron chi connectivity index (χ2n) is 2.17. The molecule has 0 fully saturated rings. The minimum atomic E-state index is -5.62. The van der Waals surface area contributed by atoms with Gasteiger partial charge < -0.3 is 5.11 Å². The summed E-state index contributed by atoms with van der Waals surface area (Å²) in [4.78, 5) is 9.62. The number of alkyl halides is 4. The van der Waals surface area contributed by atoms with Crippen LogP contribution in [0.1, 0.15) is 0 Å². The molecule has 78 valence electrons. The molecule has 0 spiro atoms. The number of carboxylic acids is 1. The van der Waals surface area contributed by atoms with Gasteiger partial charge in [-0.1, -0.05) is 0 Å². The predicted octanol–water partition coefficient (Wildman–Crippen LogP) is 0.344. The molecule has 0 rings (SSSR count). The fourth-order valence-electron chi connectivity index (χ4n) is 0.357. The zero-order valence-corrected chi connectivity index (χ0v) is 6.91. The first-order chi connectivity index (χ1) is 5.44. The first-order valence-corrected chi connectivity index (χ1v) is 4.52. The average Bonchev–Trinajstić information content (AvgIpc) is 1.84. The van der Waals surface area contributed by atoms with E-state index in [2.05, 4.69) is 0 Å². The Bertz CT molecular complexity index is 319. The lowest BCUT2D eigenvalue weighted by Gasteiger charge is -2.20. The highest BCUT2D eigenvalue weighted by molar-refractivity contribution is 7.91. The number of sulfone groups is 1. The van der Waals surface area contributed by atoms with E-state index in [4.69, 9.17) is 5.11 Å². The Kier molecular flexibility index (Phi) is 2.64. The van der Waals surface area contributed by atoms with Crippen LogP contribution in [0.3, 0.4) is 0 Å². The van der Waals surface area contributed by atoms with Gasteiger partial charge in [-0.2, -0.15) is 17.6 Å². The van der Waals surface area contributed by atoms with Crippen molar-refractivity contribution in [1.82, 2.24) is 0 Å². The van der Waals surface area contributed by atoms with Crippen LogP contribution < -0.4 is 0 Å². The molecule has 0 aliphatic rings. The molecule has 0 heterocycles. The standard InChI is InChI=1S/C4H4F4O4S/c1-13(11,12)4(7,8)3(5,6)2(9)10/h1H3,(H,9,10). The number of aliphatic carboxylic acids is 1. The first-order valence-electron chi connectivity index (χ1n) is 2.63. The topological polar surface area (TPSA) is 71.4 Å². The number of carbonyl (C=O) groups is 1. The average molecular weight is 224 g/mol. The third-order valence-corrected chi connectivity index (χ3v) is 2.29. The monoisotopic (exact) mass is 224 g/mol. The van der Waals surface area contributed by atoms with Gasteiger partial charge in [-0.05, 0) is 0 Å². The lowest BCUT2D eigenvalue weighted by Crippen LogP contribution is -2.51. The predicted molar refractivity (Wildman–Crippen MR) is 32.4 cm³/mol. The van der Waals surface area contributed by atoms with Crippen LogP contribution in [0, 0.1) is 0 Å². The number of halogens is 4. The van der Waals surface area contributed by atoms with Crippen molar-refractivity contribution in [3.63, 3.8) is 0 Å². The Labute approximate surface area is 70.1 Å². The summed E-state index contributed by atoms with van der Waals surface area (Å²) in [7, 11) is -5.47. The third-order valence-electron chi connectivity index (χ3n) is 1.10. The van der Waals surface area contributed by atoms with Crippen molar-refractivity contribution < 1.29 is 35.9 Å². The van der Waals surface area contributed by atoms with Gasteiger partial charge in [0, 0.05) is 6.26 Å². The lowest BCUT2D eigenvalue weighted by molar-refractivity contribution is -0.197. The van der Waals surface area contributed by atoms with Gasteiger partial charge in [-0.25, -0.2) is 13.2 Å². The van der Waals surface area contributed by atoms with E-state index in [-0.39, 0.29) is 6.26 Å². The van der Waals surface area contributed by atoms with Crippen molar-refractivity contribution in [1.29, 1.82) is 0 Å². The van der Waals surface area contributed by atoms with Crippen molar-refractivity contribution in [2.75, 3.05) is 6.26 Å². The first kappa shape index (κ1) is 12.1. The summed E-state index contributed by atoms with van der Waals surface area (Å²) in [5.41, 5.74) is 0. The second kappa shape index (κ2) is 2.82. The molecule has 0 bridgehead atoms. The molecular weight excluding hydrogens is 220 g/mol. The van der Waals surface area contributed by atoms with E-state index in [0.29, 0.717) is 0 Å². The van der Waals surface area contributed by atoms with Crippen molar-refractivity contribution in [3.8, 4) is 0 Å². The summed E-state index contributed by atoms with van der Waals surface area (Å²) in [5, 5.41) is 2.04. The van der Waals surface area contributed by atoms with Crippen LogP contribution in [-0.4, -0.2) is 36.9 Å². The molecular formula is C4H4F4O4S. The molecule has 0 amide bonds. The molecule has 0 unspecified atom stereocenters. The summed E-state index contributed by atoms with van der Waals surface area (Å²) < 4.78 is 68.9. The van der Waals surface area contributed by atoms with Gasteiger partial charge in [0.15, 0.2) is 0 Å². The number of rotatable bonds is 3. The van der Waals surface area contributed by atoms with Gasteiger partial charge in [0.25, 0.3) is 0 Å². The summed E-state index contributed by atoms with van der Waals surface area (Å²) in [5.74, 6) is -8.82. The van der Waals surface area contributed by atoms with Gasteiger partial charge in [-0.3, -0.25) is 0 Å². The maximum Gasteiger partial charge on any atom is 0.418 e. The maximum atomic E-state index is 12.2. The Balaban J connectivity index is 5.42. The Hall–Kier alpha value is -0.860. The largest absolute Gasteiger partial charge is 0.477 e. The minimum Gasteiger partial charge on any atom is -0.477 e. The summed E-state index contributed by atoms with van der Waals surface area (Å²) in [6.07, 6.45) is -0.177. The van der Waals surface area contributed by atoms with E-state index >= 15 is 0 Å². The second-order valence-corrected chi connectivity index (χ2v) is 4.23. The highest BCUT2D eigenvalue weighted by Crippen LogP contribution is 2.38. The van der Waals surface area contributed by atoms with Crippen molar-refractivity contribution in [2.45, 2.75) is 11.2 Å². The highest BCUT2D eigenvalue weighted by Gasteiger charge is 2.69. The van der Waals surface area contributed by atoms with Crippen LogP contribution in [0.5, 0.6) is 0 Å². The van der Waals surface area contributed by atoms with Crippen LogP contribution in [0.25, 0.3) is 0 Å². The van der Waals surface area contributed by atoms with E-state index in [1.807, 2.05) is 0 Å². The van der Waals surface area contributed by atoms with Crippen molar-refractivity contribution >= 4 is 15.8 Å². The molecule has 0 aromatic rings. The molecule has 4 nitrogen and oxygen atoms in total. The van der Waals surface area contributed by atoms with Gasteiger partial charge >= 0.3 is 17.1 Å². The van der Waals surface area contributed by atoms with Crippen LogP contribution in [0.2, 0.25) is 0 Å². The summed E-state index contributed by atoms with van der Waals surface area (Å²) in [6.45, 7) is 0. The number of carboxylic acid groups (broad SMARTS) is 1. The zero-order chi connectivity index (χ0) is 11.1. The smallest absolute Gasteiger partial charge is 0.418 e. The Morgan fingerprint density at radius 2 is 1.54 bits per heavy atom. The van der Waals surface area contributed by atoms with Crippen LogP contribution in [0.4, 0.5) is 17.6 Å². The molecule has 0 aromatic carbocycles. The van der Waals surface area contributed by atoms with E-state index in [9.17, 15) is 30.8 Å². The maximum absolute atomic E-state index is 12.2. The van der Waals surface area contributed by atoms with Gasteiger partial charge in [-0.15, -0.1) is 0 Å². The fraction of sp³-hybridized carbons (Fsp3) is 0.750. The SMILES string of the molecule is CS(=O)(=O)C(F)(F)C(F)(F)C(=O)O. The number of hydrogen-bond donors (Lipinski definition) is 1. The Morgan fingerprint density at radius 3 is 1.62 bits per heavy atom. The molecule has 0 aliphatic carbocycles. The number of hydrogen-bond acceptors (Lipinski definition) is 3. The van der Waals surface area contributed by atoms with Crippen LogP contribution >= 0.6 is 0 Å². The van der Waals surface area contributed by atoms with Crippen LogP contribution in [0.15, 0.2) is 0 Å². The zero-order valence-electron chi connectivity index (χ0n) is 6.09. The van der Waals surface area contributed by atoms with Gasteiger partial charge in [0.2, 0.25) is 9.84 Å². The van der Waals surface area contributed by atoms with E-state index in [0.717, 1.165) is 0 Å². The molecule has 9 heteroatoms. The van der Waals surface area contributed by atoms with E-state index in [1.165, 1.54) is 0 Å². The summed E-state index contributed by atoms with van der Waals surface area (Å²) in [6, 6.07) is 0. The van der Waals surface area contributed by atoms with Gasteiger partial charge in [0.05, 0.1) is 0 Å². The van der Waals surface area contributed by atoms with E-state index in [1.54, 1.807) is 0 Å². The highest BCUT2D eigenvalue weighted by atomic mass is 32.2. The molecule has 0 saturated carbocycles. The molecule has 0 saturated heterocycles. The molecule has 0 aliphatic heterocycles. The quantitative estimate of drug-likeness (QED) is 0.702. The molecule has 0 atom stereocenters. The van der Waals surface area contributed by atoms with Crippen LogP contribution in [-0.2, 0) is 14.6 Å². The third kappa shape index (κ3) is 1.74. The molecule has 0 radical (unpaired) electrons. The summed E-state index contributed by atoms with van der Waals surface area (Å²) >= 11 is 0. The lowest BCUT2D eigenvalue weighted by atomic mass is 10.3. The van der Waals surface area contributed by atoms with E-state index < -0.39 is 27.0 Å². The molecule has 1 N–H and O–H groups in total. The fourth-order valence-corrected chi connectivity index (χ4v) is 0.910. The Morgan fingerprint density at radius 1 is 1.23 bits per heavy atom. The van der Waals surface area contributed by atoms with Crippen molar-refractivity contribution in [2.24, 2.45) is 0 Å². The van der Waals surface area contributed by atoms with Gasteiger partial charge in [0.1, 0.15) is 0 Å². The molecule has 0 aromatic heterocycles. The molecule has 13 heavy (non-hydrogen) atoms. The normalized spacial score (nSPS) is 14.2.